The van der Waals surface area contributed by atoms with Crippen LogP contribution in [0, 0.1) is 5.92 Å². The first-order valence-corrected chi connectivity index (χ1v) is 7.02. The van der Waals surface area contributed by atoms with Gasteiger partial charge in [-0.1, -0.05) is 18.2 Å². The van der Waals surface area contributed by atoms with E-state index in [-0.39, 0.29) is 18.0 Å². The maximum atomic E-state index is 13.0. The number of hydrogen-bond acceptors (Lipinski definition) is 2. The van der Waals surface area contributed by atoms with Crippen LogP contribution in [-0.4, -0.2) is 22.4 Å². The Labute approximate surface area is 125 Å². The molecular formula is C15H15F3N2O2. The van der Waals surface area contributed by atoms with E-state index in [9.17, 15) is 22.8 Å². The SMILES string of the molecule is CC1(C2CC2)NC(=O)N(Cc2ccccc2C(F)(F)F)C1=O. The van der Waals surface area contributed by atoms with Crippen molar-refractivity contribution >= 4 is 11.9 Å². The third-order valence-electron chi connectivity index (χ3n) is 4.35. The molecule has 1 saturated carbocycles. The number of hydrogen-bond donors (Lipinski definition) is 1. The molecule has 1 aromatic carbocycles. The Bertz CT molecular complexity index is 640. The number of imide groups is 1. The number of rotatable bonds is 3. The number of carbonyl (C=O) groups is 2. The van der Waals surface area contributed by atoms with Crippen LogP contribution in [0.1, 0.15) is 30.9 Å². The Kier molecular flexibility index (Phi) is 3.19. The van der Waals surface area contributed by atoms with Gasteiger partial charge in [0.25, 0.3) is 5.91 Å². The van der Waals surface area contributed by atoms with E-state index in [1.165, 1.54) is 18.2 Å². The summed E-state index contributed by atoms with van der Waals surface area (Å²) >= 11 is 0. The largest absolute Gasteiger partial charge is 0.416 e. The molecule has 0 bridgehead atoms. The predicted molar refractivity (Wildman–Crippen MR) is 71.7 cm³/mol. The third-order valence-corrected chi connectivity index (χ3v) is 4.35. The van der Waals surface area contributed by atoms with Gasteiger partial charge < -0.3 is 5.32 Å². The molecule has 1 atom stereocenters. The van der Waals surface area contributed by atoms with Crippen molar-refractivity contribution in [2.45, 2.75) is 38.0 Å². The summed E-state index contributed by atoms with van der Waals surface area (Å²) in [4.78, 5) is 25.3. The van der Waals surface area contributed by atoms with E-state index < -0.39 is 29.2 Å². The number of carbonyl (C=O) groups excluding carboxylic acids is 2. The van der Waals surface area contributed by atoms with Crippen LogP contribution in [0.3, 0.4) is 0 Å². The molecule has 7 heteroatoms. The number of halogens is 3. The van der Waals surface area contributed by atoms with Crippen LogP contribution in [0.25, 0.3) is 0 Å². The van der Waals surface area contributed by atoms with E-state index in [1.54, 1.807) is 6.92 Å². The number of nitrogens with one attached hydrogen (secondary N) is 1. The summed E-state index contributed by atoms with van der Waals surface area (Å²) in [5.41, 5.74) is -1.89. The van der Waals surface area contributed by atoms with Gasteiger partial charge in [-0.25, -0.2) is 4.79 Å². The Hall–Kier alpha value is -2.05. The van der Waals surface area contributed by atoms with Crippen LogP contribution in [0.15, 0.2) is 24.3 Å². The van der Waals surface area contributed by atoms with Crippen LogP contribution in [-0.2, 0) is 17.5 Å². The molecule has 1 heterocycles. The van der Waals surface area contributed by atoms with Crippen molar-refractivity contribution in [1.29, 1.82) is 0 Å². The normalized spacial score (nSPS) is 25.5. The van der Waals surface area contributed by atoms with Gasteiger partial charge >= 0.3 is 12.2 Å². The zero-order valence-corrected chi connectivity index (χ0v) is 11.9. The highest BCUT2D eigenvalue weighted by molar-refractivity contribution is 6.07. The highest BCUT2D eigenvalue weighted by atomic mass is 19.4. The first-order valence-electron chi connectivity index (χ1n) is 7.02. The molecule has 1 aromatic rings. The average molecular weight is 312 g/mol. The quantitative estimate of drug-likeness (QED) is 0.873. The van der Waals surface area contributed by atoms with Gasteiger partial charge in [0.15, 0.2) is 0 Å². The molecule has 2 aliphatic rings. The van der Waals surface area contributed by atoms with Gasteiger partial charge in [-0.2, -0.15) is 13.2 Å². The molecule has 118 valence electrons. The Morgan fingerprint density at radius 1 is 1.27 bits per heavy atom. The molecule has 1 aliphatic heterocycles. The molecule has 3 rings (SSSR count). The van der Waals surface area contributed by atoms with E-state index in [2.05, 4.69) is 5.32 Å². The van der Waals surface area contributed by atoms with Crippen LogP contribution >= 0.6 is 0 Å². The zero-order valence-electron chi connectivity index (χ0n) is 11.9. The van der Waals surface area contributed by atoms with Crippen molar-refractivity contribution in [1.82, 2.24) is 10.2 Å². The topological polar surface area (TPSA) is 49.4 Å². The maximum absolute atomic E-state index is 13.0. The molecule has 22 heavy (non-hydrogen) atoms. The van der Waals surface area contributed by atoms with Gasteiger partial charge in [0, 0.05) is 0 Å². The van der Waals surface area contributed by atoms with E-state index in [0.717, 1.165) is 23.8 Å². The van der Waals surface area contributed by atoms with Crippen molar-refractivity contribution < 1.29 is 22.8 Å². The van der Waals surface area contributed by atoms with E-state index >= 15 is 0 Å². The molecule has 2 fully saturated rings. The van der Waals surface area contributed by atoms with Gasteiger partial charge in [0.05, 0.1) is 12.1 Å². The number of nitrogens with zero attached hydrogens (tertiary/aromatic N) is 1. The molecule has 1 N–H and O–H groups in total. The Morgan fingerprint density at radius 2 is 1.91 bits per heavy atom. The van der Waals surface area contributed by atoms with Crippen molar-refractivity contribution in [3.63, 3.8) is 0 Å². The lowest BCUT2D eigenvalue weighted by Gasteiger charge is -2.21. The van der Waals surface area contributed by atoms with Crippen molar-refractivity contribution in [3.8, 4) is 0 Å². The summed E-state index contributed by atoms with van der Waals surface area (Å²) in [5.74, 6) is -0.371. The van der Waals surface area contributed by atoms with Gasteiger partial charge in [0.2, 0.25) is 0 Å². The van der Waals surface area contributed by atoms with Crippen molar-refractivity contribution in [3.05, 3.63) is 35.4 Å². The molecule has 1 aliphatic carbocycles. The lowest BCUT2D eigenvalue weighted by Crippen LogP contribution is -2.46. The zero-order chi connectivity index (χ0) is 16.1. The minimum absolute atomic E-state index is 0.0757. The summed E-state index contributed by atoms with van der Waals surface area (Å²) in [5, 5.41) is 2.63. The lowest BCUT2D eigenvalue weighted by atomic mass is 9.96. The highest BCUT2D eigenvalue weighted by Gasteiger charge is 2.56. The summed E-state index contributed by atoms with van der Waals surface area (Å²) in [6.07, 6.45) is -2.83. The average Bonchev–Trinajstić information content (AvgIpc) is 3.25. The van der Waals surface area contributed by atoms with Crippen LogP contribution in [0.5, 0.6) is 0 Å². The van der Waals surface area contributed by atoms with Gasteiger partial charge in [-0.15, -0.1) is 0 Å². The van der Waals surface area contributed by atoms with Gasteiger partial charge in [-0.3, -0.25) is 9.69 Å². The highest BCUT2D eigenvalue weighted by Crippen LogP contribution is 2.43. The van der Waals surface area contributed by atoms with E-state index in [1.807, 2.05) is 0 Å². The second-order valence-corrected chi connectivity index (χ2v) is 5.95. The number of urea groups is 1. The maximum Gasteiger partial charge on any atom is 0.416 e. The van der Waals surface area contributed by atoms with Crippen molar-refractivity contribution in [2.24, 2.45) is 5.92 Å². The molecule has 1 saturated heterocycles. The summed E-state index contributed by atoms with van der Waals surface area (Å²) in [7, 11) is 0. The molecular weight excluding hydrogens is 297 g/mol. The monoisotopic (exact) mass is 312 g/mol. The van der Waals surface area contributed by atoms with Crippen LogP contribution < -0.4 is 5.32 Å². The summed E-state index contributed by atoms with van der Waals surface area (Å²) in [6.45, 7) is 1.27. The number of alkyl halides is 3. The number of benzene rings is 1. The van der Waals surface area contributed by atoms with Gasteiger partial charge in [-0.05, 0) is 37.3 Å². The fourth-order valence-corrected chi connectivity index (χ4v) is 2.90. The molecule has 0 aromatic heterocycles. The third kappa shape index (κ3) is 2.34. The molecule has 4 nitrogen and oxygen atoms in total. The minimum atomic E-state index is -4.52. The van der Waals surface area contributed by atoms with Crippen molar-refractivity contribution in [2.75, 3.05) is 0 Å². The minimum Gasteiger partial charge on any atom is -0.323 e. The predicted octanol–water partition coefficient (Wildman–Crippen LogP) is 2.93. The smallest absolute Gasteiger partial charge is 0.323 e. The van der Waals surface area contributed by atoms with Crippen LogP contribution in [0.2, 0.25) is 0 Å². The lowest BCUT2D eigenvalue weighted by molar-refractivity contribution is -0.139. The summed E-state index contributed by atoms with van der Waals surface area (Å²) < 4.78 is 39.0. The molecule has 0 spiro atoms. The van der Waals surface area contributed by atoms with Gasteiger partial charge in [0.1, 0.15) is 5.54 Å². The summed E-state index contributed by atoms with van der Waals surface area (Å²) in [6, 6.07) is 4.36. The fraction of sp³-hybridized carbons (Fsp3) is 0.467. The molecule has 1 unspecified atom stereocenters. The first kappa shape index (κ1) is 14.9. The molecule has 3 amide bonds. The van der Waals surface area contributed by atoms with Crippen LogP contribution in [0.4, 0.5) is 18.0 Å². The second kappa shape index (κ2) is 4.72. The second-order valence-electron chi connectivity index (χ2n) is 5.95. The van der Waals surface area contributed by atoms with E-state index in [0.29, 0.717) is 0 Å². The molecule has 0 radical (unpaired) electrons. The fourth-order valence-electron chi connectivity index (χ4n) is 2.90. The first-order chi connectivity index (χ1) is 10.2. The standard InChI is InChI=1S/C15H15F3N2O2/c1-14(10-6-7-10)12(21)20(13(22)19-14)8-9-4-2-3-5-11(9)15(16,17)18/h2-5,10H,6-8H2,1H3,(H,19,22). The van der Waals surface area contributed by atoms with E-state index in [4.69, 9.17) is 0 Å². The Morgan fingerprint density at radius 3 is 2.50 bits per heavy atom. The Balaban J connectivity index is 1.88. The number of amides is 3.